The zero-order chi connectivity index (χ0) is 13.0. The number of hydrogen-bond acceptors (Lipinski definition) is 2. The van der Waals surface area contributed by atoms with Gasteiger partial charge in [0.25, 0.3) is 0 Å². The van der Waals surface area contributed by atoms with Crippen molar-refractivity contribution in [1.82, 2.24) is 0 Å². The van der Waals surface area contributed by atoms with E-state index in [1.54, 1.807) is 6.07 Å². The summed E-state index contributed by atoms with van der Waals surface area (Å²) in [5, 5.41) is 9.04. The Hall–Kier alpha value is -1.09. The Morgan fingerprint density at radius 1 is 1.22 bits per heavy atom. The minimum atomic E-state index is -0.348. The summed E-state index contributed by atoms with van der Waals surface area (Å²) >= 11 is 0. The molecule has 1 N–H and O–H groups in total. The Morgan fingerprint density at radius 2 is 1.94 bits per heavy atom. The van der Waals surface area contributed by atoms with Gasteiger partial charge in [-0.3, -0.25) is 0 Å². The molecule has 0 spiro atoms. The SMILES string of the molecule is CCC1CCC(Oc2cc(F)cc(CO)c2)CC1. The van der Waals surface area contributed by atoms with Crippen molar-refractivity contribution in [3.63, 3.8) is 0 Å². The first-order valence-electron chi connectivity index (χ1n) is 6.78. The van der Waals surface area contributed by atoms with Crippen molar-refractivity contribution in [2.24, 2.45) is 5.92 Å². The van der Waals surface area contributed by atoms with E-state index in [0.717, 1.165) is 18.8 Å². The van der Waals surface area contributed by atoms with Gasteiger partial charge in [0, 0.05) is 6.07 Å². The molecule has 1 aromatic rings. The van der Waals surface area contributed by atoms with Gasteiger partial charge in [-0.15, -0.1) is 0 Å². The van der Waals surface area contributed by atoms with Crippen molar-refractivity contribution in [2.75, 3.05) is 0 Å². The van der Waals surface area contributed by atoms with E-state index in [1.165, 1.54) is 31.4 Å². The summed E-state index contributed by atoms with van der Waals surface area (Å²) < 4.78 is 19.1. The van der Waals surface area contributed by atoms with Crippen LogP contribution < -0.4 is 4.74 Å². The Kier molecular flexibility index (Phi) is 4.59. The van der Waals surface area contributed by atoms with Gasteiger partial charge < -0.3 is 9.84 Å². The lowest BCUT2D eigenvalue weighted by Gasteiger charge is -2.28. The molecule has 3 heteroatoms. The van der Waals surface area contributed by atoms with Gasteiger partial charge in [-0.05, 0) is 49.3 Å². The van der Waals surface area contributed by atoms with Gasteiger partial charge >= 0.3 is 0 Å². The highest BCUT2D eigenvalue weighted by molar-refractivity contribution is 5.29. The Balaban J connectivity index is 1.95. The van der Waals surface area contributed by atoms with Crippen molar-refractivity contribution < 1.29 is 14.2 Å². The summed E-state index contributed by atoms with van der Waals surface area (Å²) in [6.07, 6.45) is 5.92. The predicted octanol–water partition coefficient (Wildman–Crippen LogP) is 3.67. The lowest BCUT2D eigenvalue weighted by molar-refractivity contribution is 0.129. The van der Waals surface area contributed by atoms with Crippen molar-refractivity contribution in [3.05, 3.63) is 29.6 Å². The number of aliphatic hydroxyl groups excluding tert-OH is 1. The Bertz CT molecular complexity index is 384. The molecule has 0 bridgehead atoms. The van der Waals surface area contributed by atoms with Crippen LogP contribution in [-0.4, -0.2) is 11.2 Å². The molecule has 0 radical (unpaired) electrons. The first kappa shape index (κ1) is 13.3. The van der Waals surface area contributed by atoms with Crippen LogP contribution in [0, 0.1) is 11.7 Å². The minimum Gasteiger partial charge on any atom is -0.490 e. The third-order valence-electron chi connectivity index (χ3n) is 3.79. The summed E-state index contributed by atoms with van der Waals surface area (Å²) in [5.41, 5.74) is 0.562. The molecule has 1 aliphatic carbocycles. The molecule has 0 atom stereocenters. The van der Waals surface area contributed by atoms with E-state index in [1.807, 2.05) is 0 Å². The summed E-state index contributed by atoms with van der Waals surface area (Å²) in [6.45, 7) is 2.07. The Morgan fingerprint density at radius 3 is 2.56 bits per heavy atom. The van der Waals surface area contributed by atoms with E-state index >= 15 is 0 Å². The predicted molar refractivity (Wildman–Crippen MR) is 69.0 cm³/mol. The fraction of sp³-hybridized carbons (Fsp3) is 0.600. The number of ether oxygens (including phenoxy) is 1. The summed E-state index contributed by atoms with van der Waals surface area (Å²) in [7, 11) is 0. The smallest absolute Gasteiger partial charge is 0.127 e. The topological polar surface area (TPSA) is 29.5 Å². The first-order chi connectivity index (χ1) is 8.71. The van der Waals surface area contributed by atoms with Gasteiger partial charge in [0.2, 0.25) is 0 Å². The third-order valence-corrected chi connectivity index (χ3v) is 3.79. The number of halogens is 1. The average molecular weight is 252 g/mol. The average Bonchev–Trinajstić information content (AvgIpc) is 2.39. The van der Waals surface area contributed by atoms with Crippen LogP contribution in [-0.2, 0) is 6.61 Å². The molecule has 1 saturated carbocycles. The fourth-order valence-corrected chi connectivity index (χ4v) is 2.63. The normalized spacial score (nSPS) is 23.9. The molecule has 1 aromatic carbocycles. The summed E-state index contributed by atoms with van der Waals surface area (Å²) in [5.74, 6) is 1.02. The maximum Gasteiger partial charge on any atom is 0.127 e. The molecule has 2 rings (SSSR count). The third kappa shape index (κ3) is 3.45. The molecule has 0 unspecified atom stereocenters. The molecule has 0 aromatic heterocycles. The van der Waals surface area contributed by atoms with Crippen LogP contribution in [0.5, 0.6) is 5.75 Å². The number of benzene rings is 1. The zero-order valence-electron chi connectivity index (χ0n) is 10.9. The molecule has 1 fully saturated rings. The van der Waals surface area contributed by atoms with E-state index in [0.29, 0.717) is 11.3 Å². The second kappa shape index (κ2) is 6.19. The number of rotatable bonds is 4. The molecular formula is C15H21FO2. The van der Waals surface area contributed by atoms with Crippen molar-refractivity contribution in [1.29, 1.82) is 0 Å². The minimum absolute atomic E-state index is 0.156. The van der Waals surface area contributed by atoms with Crippen LogP contribution in [0.25, 0.3) is 0 Å². The van der Waals surface area contributed by atoms with Crippen LogP contribution in [0.2, 0.25) is 0 Å². The molecule has 0 heterocycles. The molecule has 0 aliphatic heterocycles. The van der Waals surface area contributed by atoms with Crippen LogP contribution in [0.1, 0.15) is 44.6 Å². The lowest BCUT2D eigenvalue weighted by Crippen LogP contribution is -2.23. The highest BCUT2D eigenvalue weighted by Gasteiger charge is 2.21. The fourth-order valence-electron chi connectivity index (χ4n) is 2.63. The van der Waals surface area contributed by atoms with Gasteiger partial charge in [-0.25, -0.2) is 4.39 Å². The first-order valence-corrected chi connectivity index (χ1v) is 6.78. The van der Waals surface area contributed by atoms with E-state index < -0.39 is 0 Å². The highest BCUT2D eigenvalue weighted by Crippen LogP contribution is 2.29. The van der Waals surface area contributed by atoms with Crippen LogP contribution >= 0.6 is 0 Å². The number of aliphatic hydroxyl groups is 1. The maximum absolute atomic E-state index is 13.3. The van der Waals surface area contributed by atoms with E-state index in [-0.39, 0.29) is 18.5 Å². The van der Waals surface area contributed by atoms with Crippen LogP contribution in [0.3, 0.4) is 0 Å². The highest BCUT2D eigenvalue weighted by atomic mass is 19.1. The summed E-state index contributed by atoms with van der Waals surface area (Å²) in [6, 6.07) is 4.45. The quantitative estimate of drug-likeness (QED) is 0.886. The Labute approximate surface area is 108 Å². The van der Waals surface area contributed by atoms with Crippen LogP contribution in [0.4, 0.5) is 4.39 Å². The van der Waals surface area contributed by atoms with Gasteiger partial charge in [0.1, 0.15) is 11.6 Å². The lowest BCUT2D eigenvalue weighted by atomic mass is 9.86. The van der Waals surface area contributed by atoms with Gasteiger partial charge in [0.15, 0.2) is 0 Å². The number of hydrogen-bond donors (Lipinski definition) is 1. The van der Waals surface area contributed by atoms with Crippen molar-refractivity contribution >= 4 is 0 Å². The summed E-state index contributed by atoms with van der Waals surface area (Å²) in [4.78, 5) is 0. The molecule has 0 amide bonds. The molecule has 18 heavy (non-hydrogen) atoms. The maximum atomic E-state index is 13.3. The largest absolute Gasteiger partial charge is 0.490 e. The van der Waals surface area contributed by atoms with Gasteiger partial charge in [-0.1, -0.05) is 13.3 Å². The van der Waals surface area contributed by atoms with Crippen molar-refractivity contribution in [3.8, 4) is 5.75 Å². The molecule has 0 saturated heterocycles. The standard InChI is InChI=1S/C15H21FO2/c1-2-11-3-5-14(6-4-11)18-15-8-12(10-17)7-13(16)9-15/h7-9,11,14,17H,2-6,10H2,1H3. The molecule has 100 valence electrons. The molecule has 1 aliphatic rings. The molecule has 2 nitrogen and oxygen atoms in total. The second-order valence-electron chi connectivity index (χ2n) is 5.12. The van der Waals surface area contributed by atoms with E-state index in [9.17, 15) is 4.39 Å². The zero-order valence-corrected chi connectivity index (χ0v) is 10.9. The van der Waals surface area contributed by atoms with E-state index in [2.05, 4.69) is 6.92 Å². The van der Waals surface area contributed by atoms with Crippen molar-refractivity contribution in [2.45, 2.75) is 51.7 Å². The van der Waals surface area contributed by atoms with E-state index in [4.69, 9.17) is 9.84 Å². The monoisotopic (exact) mass is 252 g/mol. The van der Waals surface area contributed by atoms with Crippen LogP contribution in [0.15, 0.2) is 18.2 Å². The second-order valence-corrected chi connectivity index (χ2v) is 5.12. The molecular weight excluding hydrogens is 231 g/mol. The van der Waals surface area contributed by atoms with Gasteiger partial charge in [-0.2, -0.15) is 0 Å². The van der Waals surface area contributed by atoms with Gasteiger partial charge in [0.05, 0.1) is 12.7 Å².